The number of nitrogens with zero attached hydrogens (tertiary/aromatic N) is 4. The van der Waals surface area contributed by atoms with Crippen LogP contribution in [0.5, 0.6) is 0 Å². The van der Waals surface area contributed by atoms with E-state index in [2.05, 4.69) is 155 Å². The molecule has 0 saturated heterocycles. The van der Waals surface area contributed by atoms with Gasteiger partial charge in [0.1, 0.15) is 5.01 Å². The second kappa shape index (κ2) is 9.51. The molecule has 0 aliphatic carbocycles. The maximum Gasteiger partial charge on any atom is 0.173 e. The van der Waals surface area contributed by atoms with E-state index in [4.69, 9.17) is 9.36 Å². The van der Waals surface area contributed by atoms with E-state index in [1.807, 2.05) is 0 Å². The third-order valence-corrected chi connectivity index (χ3v) is 9.09. The highest BCUT2D eigenvalue weighted by molar-refractivity contribution is 7.09. The van der Waals surface area contributed by atoms with E-state index in [1.165, 1.54) is 55.1 Å². The number of hydrogen-bond donors (Lipinski definition) is 0. The van der Waals surface area contributed by atoms with Crippen molar-refractivity contribution in [2.45, 2.75) is 0 Å². The summed E-state index contributed by atoms with van der Waals surface area (Å²) in [6.45, 7) is 0. The lowest BCUT2D eigenvalue weighted by Gasteiger charge is -2.09. The highest BCUT2D eigenvalue weighted by Gasteiger charge is 2.15. The standard InChI is InChI=1S/C38H24N4S/c1-5-16-33-29(12-1)30-13-2-6-17-34(30)41(33)27-22-20-25(21-23-27)38-39-37(40-43-38)26-10-9-11-28(24-26)42-35-18-7-3-14-31(35)32-15-4-8-19-36(32)42/h1-24H. The Hall–Kier alpha value is -5.52. The van der Waals surface area contributed by atoms with Crippen molar-refractivity contribution in [2.75, 3.05) is 0 Å². The Kier molecular flexibility index (Phi) is 5.33. The van der Waals surface area contributed by atoms with E-state index in [-0.39, 0.29) is 0 Å². The average Bonchev–Trinajstić information content (AvgIpc) is 3.78. The molecule has 6 aromatic carbocycles. The van der Waals surface area contributed by atoms with Gasteiger partial charge in [0.05, 0.1) is 22.1 Å². The summed E-state index contributed by atoms with van der Waals surface area (Å²) in [6.07, 6.45) is 0. The Balaban J connectivity index is 1.09. The lowest BCUT2D eigenvalue weighted by molar-refractivity contribution is 1.18. The maximum absolute atomic E-state index is 4.98. The fourth-order valence-corrected chi connectivity index (χ4v) is 7.08. The van der Waals surface area contributed by atoms with Gasteiger partial charge in [-0.2, -0.15) is 4.37 Å². The molecule has 3 heterocycles. The largest absolute Gasteiger partial charge is 0.309 e. The van der Waals surface area contributed by atoms with Crippen molar-refractivity contribution in [3.8, 4) is 33.3 Å². The van der Waals surface area contributed by atoms with Crippen LogP contribution >= 0.6 is 11.5 Å². The molecule has 43 heavy (non-hydrogen) atoms. The van der Waals surface area contributed by atoms with Gasteiger partial charge in [0.25, 0.3) is 0 Å². The van der Waals surface area contributed by atoms with Gasteiger partial charge in [-0.05, 0) is 72.2 Å². The maximum atomic E-state index is 4.98. The van der Waals surface area contributed by atoms with Crippen LogP contribution in [-0.4, -0.2) is 18.5 Å². The predicted molar refractivity (Wildman–Crippen MR) is 179 cm³/mol. The highest BCUT2D eigenvalue weighted by atomic mass is 32.1. The van der Waals surface area contributed by atoms with Gasteiger partial charge < -0.3 is 9.13 Å². The van der Waals surface area contributed by atoms with Crippen LogP contribution in [0.25, 0.3) is 76.9 Å². The van der Waals surface area contributed by atoms with Gasteiger partial charge in [-0.15, -0.1) is 0 Å². The molecule has 0 bridgehead atoms. The number of hydrogen-bond acceptors (Lipinski definition) is 3. The van der Waals surface area contributed by atoms with Crippen molar-refractivity contribution in [1.29, 1.82) is 0 Å². The van der Waals surface area contributed by atoms with Crippen molar-refractivity contribution in [1.82, 2.24) is 18.5 Å². The molecule has 0 fully saturated rings. The summed E-state index contributed by atoms with van der Waals surface area (Å²) in [6, 6.07) is 51.5. The fourth-order valence-electron chi connectivity index (χ4n) is 6.40. The SMILES string of the molecule is c1cc(-c2nsc(-c3ccc(-n4c5ccccc5c5ccccc54)cc3)n2)cc(-n2c3ccccc3c3ccccc32)c1. The zero-order valence-corrected chi connectivity index (χ0v) is 23.9. The molecule has 202 valence electrons. The summed E-state index contributed by atoms with van der Waals surface area (Å²) >= 11 is 1.44. The van der Waals surface area contributed by atoms with Gasteiger partial charge in [0.2, 0.25) is 0 Å². The minimum atomic E-state index is 0.745. The Morgan fingerprint density at radius 2 is 0.907 bits per heavy atom. The van der Waals surface area contributed by atoms with Crippen molar-refractivity contribution in [2.24, 2.45) is 0 Å². The second-order valence-electron chi connectivity index (χ2n) is 10.8. The van der Waals surface area contributed by atoms with Gasteiger partial charge in [-0.25, -0.2) is 4.98 Å². The van der Waals surface area contributed by atoms with Crippen LogP contribution in [-0.2, 0) is 0 Å². The number of fused-ring (bicyclic) bond motifs is 6. The molecule has 0 atom stereocenters. The topological polar surface area (TPSA) is 35.6 Å². The minimum absolute atomic E-state index is 0.745. The zero-order valence-electron chi connectivity index (χ0n) is 23.1. The molecule has 9 aromatic rings. The first-order chi connectivity index (χ1) is 21.3. The smallest absolute Gasteiger partial charge is 0.173 e. The molecule has 0 saturated carbocycles. The van der Waals surface area contributed by atoms with Gasteiger partial charge in [-0.3, -0.25) is 0 Å². The molecule has 0 amide bonds. The lowest BCUT2D eigenvalue weighted by atomic mass is 10.1. The zero-order chi connectivity index (χ0) is 28.3. The molecule has 4 nitrogen and oxygen atoms in total. The number of rotatable bonds is 4. The number of benzene rings is 6. The molecular formula is C38H24N4S. The van der Waals surface area contributed by atoms with E-state index in [9.17, 15) is 0 Å². The molecule has 0 radical (unpaired) electrons. The van der Waals surface area contributed by atoms with E-state index in [0.717, 1.165) is 33.3 Å². The average molecular weight is 569 g/mol. The first-order valence-electron chi connectivity index (χ1n) is 14.4. The summed E-state index contributed by atoms with van der Waals surface area (Å²) in [4.78, 5) is 4.98. The van der Waals surface area contributed by atoms with Crippen LogP contribution in [0.15, 0.2) is 146 Å². The number of aromatic nitrogens is 4. The van der Waals surface area contributed by atoms with Gasteiger partial charge >= 0.3 is 0 Å². The summed E-state index contributed by atoms with van der Waals surface area (Å²) in [5, 5.41) is 5.94. The first-order valence-corrected chi connectivity index (χ1v) is 15.1. The quantitative estimate of drug-likeness (QED) is 0.212. The van der Waals surface area contributed by atoms with Crippen LogP contribution in [0.1, 0.15) is 0 Å². The Morgan fingerprint density at radius 1 is 0.419 bits per heavy atom. The van der Waals surface area contributed by atoms with Gasteiger partial charge in [0.15, 0.2) is 5.82 Å². The van der Waals surface area contributed by atoms with Gasteiger partial charge in [-0.1, -0.05) is 84.9 Å². The van der Waals surface area contributed by atoms with Crippen molar-refractivity contribution in [3.63, 3.8) is 0 Å². The molecule has 0 N–H and O–H groups in total. The summed E-state index contributed by atoms with van der Waals surface area (Å²) < 4.78 is 9.44. The third-order valence-electron chi connectivity index (χ3n) is 8.32. The molecule has 0 unspecified atom stereocenters. The van der Waals surface area contributed by atoms with E-state index in [0.29, 0.717) is 0 Å². The first kappa shape index (κ1) is 24.1. The Bertz CT molecular complexity index is 2350. The normalized spacial score (nSPS) is 11.7. The minimum Gasteiger partial charge on any atom is -0.309 e. The Labute approximate surface area is 251 Å². The summed E-state index contributed by atoms with van der Waals surface area (Å²) in [7, 11) is 0. The van der Waals surface area contributed by atoms with E-state index < -0.39 is 0 Å². The monoisotopic (exact) mass is 568 g/mol. The van der Waals surface area contributed by atoms with Crippen molar-refractivity contribution < 1.29 is 0 Å². The van der Waals surface area contributed by atoms with Crippen LogP contribution in [0.4, 0.5) is 0 Å². The third kappa shape index (κ3) is 3.75. The second-order valence-corrected chi connectivity index (χ2v) is 11.5. The highest BCUT2D eigenvalue weighted by Crippen LogP contribution is 2.35. The predicted octanol–water partition coefficient (Wildman–Crippen LogP) is 10.1. The molecule has 0 aliphatic heterocycles. The molecular weight excluding hydrogens is 545 g/mol. The molecule has 0 aliphatic rings. The van der Waals surface area contributed by atoms with Crippen LogP contribution < -0.4 is 0 Å². The van der Waals surface area contributed by atoms with Crippen LogP contribution in [0.3, 0.4) is 0 Å². The fraction of sp³-hybridized carbons (Fsp3) is 0. The van der Waals surface area contributed by atoms with E-state index >= 15 is 0 Å². The molecule has 3 aromatic heterocycles. The summed E-state index contributed by atoms with van der Waals surface area (Å²) in [5.41, 5.74) is 9.09. The Morgan fingerprint density at radius 3 is 1.44 bits per heavy atom. The number of para-hydroxylation sites is 4. The molecule has 0 spiro atoms. The van der Waals surface area contributed by atoms with Gasteiger partial charge in [0, 0.05) is 44.0 Å². The summed E-state index contributed by atoms with van der Waals surface area (Å²) in [5.74, 6) is 0.745. The molecule has 9 rings (SSSR count). The van der Waals surface area contributed by atoms with Crippen LogP contribution in [0, 0.1) is 0 Å². The molecule has 5 heteroatoms. The van der Waals surface area contributed by atoms with Crippen LogP contribution in [0.2, 0.25) is 0 Å². The lowest BCUT2D eigenvalue weighted by Crippen LogP contribution is -1.94. The van der Waals surface area contributed by atoms with E-state index in [1.54, 1.807) is 0 Å². The van der Waals surface area contributed by atoms with Crippen molar-refractivity contribution in [3.05, 3.63) is 146 Å². The van der Waals surface area contributed by atoms with Crippen molar-refractivity contribution >= 4 is 55.1 Å².